The SMILES string of the molecule is COCCc1cccc2cc(C(C)C)c(N)nc12. The number of methoxy groups -OCH3 is 1. The van der Waals surface area contributed by atoms with E-state index in [1.54, 1.807) is 7.11 Å². The highest BCUT2D eigenvalue weighted by atomic mass is 16.5. The van der Waals surface area contributed by atoms with E-state index >= 15 is 0 Å². The van der Waals surface area contributed by atoms with Crippen LogP contribution in [-0.2, 0) is 11.2 Å². The van der Waals surface area contributed by atoms with E-state index in [1.807, 2.05) is 0 Å². The predicted octanol–water partition coefficient (Wildman–Crippen LogP) is 3.13. The number of aromatic nitrogens is 1. The van der Waals surface area contributed by atoms with Gasteiger partial charge in [-0.3, -0.25) is 0 Å². The molecule has 18 heavy (non-hydrogen) atoms. The summed E-state index contributed by atoms with van der Waals surface area (Å²) in [7, 11) is 1.71. The highest BCUT2D eigenvalue weighted by molar-refractivity contribution is 5.84. The number of nitrogens with zero attached hydrogens (tertiary/aromatic N) is 1. The second-order valence-corrected chi connectivity index (χ2v) is 4.85. The van der Waals surface area contributed by atoms with Crippen LogP contribution in [-0.4, -0.2) is 18.7 Å². The Kier molecular flexibility index (Phi) is 3.82. The van der Waals surface area contributed by atoms with Gasteiger partial charge in [0.1, 0.15) is 5.82 Å². The third kappa shape index (κ3) is 2.46. The van der Waals surface area contributed by atoms with E-state index in [0.29, 0.717) is 18.3 Å². The highest BCUT2D eigenvalue weighted by Gasteiger charge is 2.09. The molecule has 3 nitrogen and oxygen atoms in total. The number of anilines is 1. The molecule has 2 aromatic rings. The van der Waals surface area contributed by atoms with Gasteiger partial charge in [0.2, 0.25) is 0 Å². The molecular formula is C15H20N2O. The topological polar surface area (TPSA) is 48.1 Å². The van der Waals surface area contributed by atoms with Gasteiger partial charge in [-0.1, -0.05) is 32.0 Å². The summed E-state index contributed by atoms with van der Waals surface area (Å²) < 4.78 is 5.13. The van der Waals surface area contributed by atoms with E-state index in [0.717, 1.165) is 22.9 Å². The molecule has 0 amide bonds. The van der Waals surface area contributed by atoms with Crippen molar-refractivity contribution in [2.24, 2.45) is 0 Å². The lowest BCUT2D eigenvalue weighted by molar-refractivity contribution is 0.202. The summed E-state index contributed by atoms with van der Waals surface area (Å²) in [5, 5.41) is 1.15. The molecule has 1 aromatic heterocycles. The Morgan fingerprint density at radius 2 is 2.11 bits per heavy atom. The van der Waals surface area contributed by atoms with Crippen LogP contribution in [0.3, 0.4) is 0 Å². The fraction of sp³-hybridized carbons (Fsp3) is 0.400. The first-order chi connectivity index (χ1) is 8.63. The molecule has 0 aliphatic rings. The van der Waals surface area contributed by atoms with Gasteiger partial charge < -0.3 is 10.5 Å². The molecule has 0 unspecified atom stereocenters. The maximum Gasteiger partial charge on any atom is 0.127 e. The minimum Gasteiger partial charge on any atom is -0.384 e. The van der Waals surface area contributed by atoms with Crippen molar-refractivity contribution in [1.29, 1.82) is 0 Å². The van der Waals surface area contributed by atoms with Crippen molar-refractivity contribution in [3.05, 3.63) is 35.4 Å². The molecule has 0 radical (unpaired) electrons. The number of pyridine rings is 1. The first-order valence-corrected chi connectivity index (χ1v) is 6.30. The van der Waals surface area contributed by atoms with Crippen molar-refractivity contribution in [3.8, 4) is 0 Å². The Hall–Kier alpha value is -1.61. The van der Waals surface area contributed by atoms with E-state index in [9.17, 15) is 0 Å². The fourth-order valence-electron chi connectivity index (χ4n) is 2.17. The fourth-order valence-corrected chi connectivity index (χ4v) is 2.17. The molecule has 2 rings (SSSR count). The van der Waals surface area contributed by atoms with Crippen molar-refractivity contribution in [2.45, 2.75) is 26.2 Å². The number of nitrogen functional groups attached to an aromatic ring is 1. The first-order valence-electron chi connectivity index (χ1n) is 6.30. The molecule has 96 valence electrons. The summed E-state index contributed by atoms with van der Waals surface area (Å²) in [5.41, 5.74) is 9.35. The van der Waals surface area contributed by atoms with Crippen LogP contribution in [0, 0.1) is 0 Å². The monoisotopic (exact) mass is 244 g/mol. The van der Waals surface area contributed by atoms with Gasteiger partial charge >= 0.3 is 0 Å². The van der Waals surface area contributed by atoms with E-state index in [4.69, 9.17) is 10.5 Å². The summed E-state index contributed by atoms with van der Waals surface area (Å²) in [6.45, 7) is 4.97. The number of hydrogen-bond acceptors (Lipinski definition) is 3. The molecule has 0 aliphatic heterocycles. The molecule has 3 heteroatoms. The normalized spacial score (nSPS) is 11.3. The van der Waals surface area contributed by atoms with Gasteiger partial charge in [0.05, 0.1) is 12.1 Å². The van der Waals surface area contributed by atoms with Gasteiger partial charge in [-0.05, 0) is 29.5 Å². The van der Waals surface area contributed by atoms with E-state index in [2.05, 4.69) is 43.1 Å². The summed E-state index contributed by atoms with van der Waals surface area (Å²) in [6, 6.07) is 8.39. The number of hydrogen-bond donors (Lipinski definition) is 1. The van der Waals surface area contributed by atoms with Gasteiger partial charge in [-0.25, -0.2) is 4.98 Å². The number of ether oxygens (including phenoxy) is 1. The van der Waals surface area contributed by atoms with Crippen molar-refractivity contribution < 1.29 is 4.74 Å². The number of rotatable bonds is 4. The molecule has 1 heterocycles. The maximum absolute atomic E-state index is 6.04. The molecular weight excluding hydrogens is 224 g/mol. The van der Waals surface area contributed by atoms with Crippen LogP contribution in [0.5, 0.6) is 0 Å². The molecule has 2 N–H and O–H groups in total. The van der Waals surface area contributed by atoms with Crippen molar-refractivity contribution >= 4 is 16.7 Å². The van der Waals surface area contributed by atoms with Crippen LogP contribution in [0.1, 0.15) is 30.9 Å². The number of benzene rings is 1. The molecule has 0 saturated heterocycles. The molecule has 0 spiro atoms. The number of para-hydroxylation sites is 1. The Labute approximate surface area is 108 Å². The average molecular weight is 244 g/mol. The van der Waals surface area contributed by atoms with Crippen LogP contribution >= 0.6 is 0 Å². The van der Waals surface area contributed by atoms with Gasteiger partial charge in [0.25, 0.3) is 0 Å². The second kappa shape index (κ2) is 5.36. The minimum atomic E-state index is 0.393. The van der Waals surface area contributed by atoms with Crippen molar-refractivity contribution in [3.63, 3.8) is 0 Å². The van der Waals surface area contributed by atoms with Crippen molar-refractivity contribution in [1.82, 2.24) is 4.98 Å². The lowest BCUT2D eigenvalue weighted by Gasteiger charge is -2.12. The van der Waals surface area contributed by atoms with E-state index in [-0.39, 0.29) is 0 Å². The summed E-state index contributed by atoms with van der Waals surface area (Å²) >= 11 is 0. The van der Waals surface area contributed by atoms with Gasteiger partial charge in [0.15, 0.2) is 0 Å². The van der Waals surface area contributed by atoms with E-state index in [1.165, 1.54) is 5.56 Å². The van der Waals surface area contributed by atoms with Crippen LogP contribution in [0.25, 0.3) is 10.9 Å². The number of nitrogens with two attached hydrogens (primary N) is 1. The van der Waals surface area contributed by atoms with Crippen LogP contribution in [0.15, 0.2) is 24.3 Å². The molecule has 1 aromatic carbocycles. The molecule has 0 saturated carbocycles. The zero-order chi connectivity index (χ0) is 13.1. The lowest BCUT2D eigenvalue weighted by atomic mass is 10.00. The Morgan fingerprint density at radius 3 is 2.78 bits per heavy atom. The second-order valence-electron chi connectivity index (χ2n) is 4.85. The van der Waals surface area contributed by atoms with Gasteiger partial charge in [-0.2, -0.15) is 0 Å². The standard InChI is InChI=1S/C15H20N2O/c1-10(2)13-9-12-6-4-5-11(7-8-18-3)14(12)17-15(13)16/h4-6,9-10H,7-8H2,1-3H3,(H2,16,17). The Bertz CT molecular complexity index is 549. The van der Waals surface area contributed by atoms with Gasteiger partial charge in [0, 0.05) is 12.5 Å². The summed E-state index contributed by atoms with van der Waals surface area (Å²) in [5.74, 6) is 1.03. The lowest BCUT2D eigenvalue weighted by Crippen LogP contribution is -2.02. The Morgan fingerprint density at radius 1 is 1.33 bits per heavy atom. The van der Waals surface area contributed by atoms with E-state index < -0.39 is 0 Å². The van der Waals surface area contributed by atoms with Crippen LogP contribution in [0.2, 0.25) is 0 Å². The minimum absolute atomic E-state index is 0.393. The number of fused-ring (bicyclic) bond motifs is 1. The summed E-state index contributed by atoms with van der Waals surface area (Å²) in [4.78, 5) is 4.57. The highest BCUT2D eigenvalue weighted by Crippen LogP contribution is 2.26. The van der Waals surface area contributed by atoms with Crippen LogP contribution < -0.4 is 5.73 Å². The van der Waals surface area contributed by atoms with Crippen LogP contribution in [0.4, 0.5) is 5.82 Å². The molecule has 0 atom stereocenters. The zero-order valence-corrected chi connectivity index (χ0v) is 11.2. The van der Waals surface area contributed by atoms with Crippen molar-refractivity contribution in [2.75, 3.05) is 19.5 Å². The molecule has 0 bridgehead atoms. The third-order valence-corrected chi connectivity index (χ3v) is 3.19. The maximum atomic E-state index is 6.04. The quantitative estimate of drug-likeness (QED) is 0.898. The molecule has 0 aliphatic carbocycles. The Balaban J connectivity index is 2.53. The molecule has 0 fully saturated rings. The summed E-state index contributed by atoms with van der Waals surface area (Å²) in [6.07, 6.45) is 0.862. The zero-order valence-electron chi connectivity index (χ0n) is 11.2. The smallest absolute Gasteiger partial charge is 0.127 e. The van der Waals surface area contributed by atoms with Gasteiger partial charge in [-0.15, -0.1) is 0 Å². The third-order valence-electron chi connectivity index (χ3n) is 3.19. The first kappa shape index (κ1) is 12.8. The largest absolute Gasteiger partial charge is 0.384 e. The average Bonchev–Trinajstić information content (AvgIpc) is 2.35. The predicted molar refractivity (Wildman–Crippen MR) is 75.8 cm³/mol.